The molecule has 0 saturated carbocycles. The van der Waals surface area contributed by atoms with Gasteiger partial charge in [-0.05, 0) is 106 Å². The first-order valence-corrected chi connectivity index (χ1v) is 18.4. The van der Waals surface area contributed by atoms with E-state index in [2.05, 4.69) is 188 Å². The van der Waals surface area contributed by atoms with Crippen molar-refractivity contribution in [1.82, 2.24) is 0 Å². The van der Waals surface area contributed by atoms with E-state index < -0.39 is 0 Å². The molecule has 5 heteroatoms. The summed E-state index contributed by atoms with van der Waals surface area (Å²) in [5, 5.41) is 2.48. The molecule has 8 aromatic rings. The second-order valence-electron chi connectivity index (χ2n) is 14.6. The molecule has 0 atom stereocenters. The molecular weight excluding hydrogens is 639 g/mol. The van der Waals surface area contributed by atoms with Gasteiger partial charge < -0.3 is 14.5 Å². The topological polar surface area (TPSA) is 15.7 Å². The van der Waals surface area contributed by atoms with Crippen molar-refractivity contribution in [2.45, 2.75) is 26.2 Å². The summed E-state index contributed by atoms with van der Waals surface area (Å²) in [7, 11) is 0. The quantitative estimate of drug-likeness (QED) is 0.173. The number of thiophene rings is 1. The maximum Gasteiger partial charge on any atom is 0.256 e. The van der Waals surface area contributed by atoms with E-state index in [1.54, 1.807) is 0 Å². The van der Waals surface area contributed by atoms with Crippen molar-refractivity contribution < 1.29 is 4.74 Å². The third kappa shape index (κ3) is 4.80. The van der Waals surface area contributed by atoms with Gasteiger partial charge in [0.2, 0.25) is 0 Å². The lowest BCUT2D eigenvalue weighted by atomic mass is 9.34. The summed E-state index contributed by atoms with van der Waals surface area (Å²) in [6.07, 6.45) is 0. The van der Waals surface area contributed by atoms with Gasteiger partial charge in [0.05, 0.1) is 0 Å². The molecule has 7 aromatic carbocycles. The van der Waals surface area contributed by atoms with Crippen molar-refractivity contribution in [2.75, 3.05) is 9.80 Å². The maximum atomic E-state index is 7.03. The summed E-state index contributed by atoms with van der Waals surface area (Å²) in [5.74, 6) is 1.90. The van der Waals surface area contributed by atoms with E-state index in [1.165, 1.54) is 53.5 Å². The Morgan fingerprint density at radius 3 is 1.90 bits per heavy atom. The normalized spacial score (nSPS) is 13.1. The molecular formula is C46H35BN2OS. The lowest BCUT2D eigenvalue weighted by molar-refractivity contribution is 0.484. The number of hydrogen-bond donors (Lipinski definition) is 0. The highest BCUT2D eigenvalue weighted by molar-refractivity contribution is 7.26. The van der Waals surface area contributed by atoms with Crippen molar-refractivity contribution >= 4 is 88.7 Å². The van der Waals surface area contributed by atoms with E-state index in [1.807, 2.05) is 11.3 Å². The van der Waals surface area contributed by atoms with Gasteiger partial charge in [0, 0.05) is 54.3 Å². The monoisotopic (exact) mass is 674 g/mol. The summed E-state index contributed by atoms with van der Waals surface area (Å²) < 4.78 is 9.56. The molecule has 0 bridgehead atoms. The van der Waals surface area contributed by atoms with Crippen LogP contribution in [0, 0.1) is 0 Å². The van der Waals surface area contributed by atoms with Gasteiger partial charge in [-0.25, -0.2) is 0 Å². The molecule has 0 fully saturated rings. The Kier molecular flexibility index (Phi) is 6.71. The van der Waals surface area contributed by atoms with E-state index in [4.69, 9.17) is 4.74 Å². The minimum atomic E-state index is -0.0530. The van der Waals surface area contributed by atoms with Crippen molar-refractivity contribution in [2.24, 2.45) is 0 Å². The van der Waals surface area contributed by atoms with E-state index in [0.29, 0.717) is 0 Å². The molecule has 244 valence electrons. The molecule has 0 N–H and O–H groups in total. The van der Waals surface area contributed by atoms with Crippen LogP contribution >= 0.6 is 11.3 Å². The second kappa shape index (κ2) is 11.4. The summed E-state index contributed by atoms with van der Waals surface area (Å²) >= 11 is 1.86. The van der Waals surface area contributed by atoms with Crippen LogP contribution in [0.5, 0.6) is 11.5 Å². The van der Waals surface area contributed by atoms with E-state index in [-0.39, 0.29) is 12.1 Å². The number of anilines is 6. The smallest absolute Gasteiger partial charge is 0.256 e. The van der Waals surface area contributed by atoms with Crippen LogP contribution in [0.25, 0.3) is 20.2 Å². The summed E-state index contributed by atoms with van der Waals surface area (Å²) in [4.78, 5) is 4.76. The molecule has 10 rings (SSSR count). The Hall–Kier alpha value is -5.78. The van der Waals surface area contributed by atoms with Crippen molar-refractivity contribution in [1.29, 1.82) is 0 Å². The molecule has 0 radical (unpaired) electrons. The number of fused-ring (bicyclic) bond motifs is 7. The third-order valence-electron chi connectivity index (χ3n) is 10.4. The minimum absolute atomic E-state index is 0.0530. The van der Waals surface area contributed by atoms with Gasteiger partial charge in [0.15, 0.2) is 0 Å². The highest BCUT2D eigenvalue weighted by Crippen LogP contribution is 2.45. The predicted octanol–water partition coefficient (Wildman–Crippen LogP) is 11.2. The van der Waals surface area contributed by atoms with Gasteiger partial charge in [-0.2, -0.15) is 0 Å². The fourth-order valence-corrected chi connectivity index (χ4v) is 9.15. The maximum absolute atomic E-state index is 7.03. The molecule has 3 heterocycles. The van der Waals surface area contributed by atoms with Crippen LogP contribution in [0.15, 0.2) is 158 Å². The molecule has 2 aliphatic heterocycles. The number of hydrogen-bond acceptors (Lipinski definition) is 4. The second-order valence-corrected chi connectivity index (χ2v) is 15.7. The van der Waals surface area contributed by atoms with E-state index in [9.17, 15) is 0 Å². The van der Waals surface area contributed by atoms with Gasteiger partial charge in [-0.15, -0.1) is 11.3 Å². The van der Waals surface area contributed by atoms with Gasteiger partial charge >= 0.3 is 0 Å². The zero-order valence-electron chi connectivity index (χ0n) is 28.8. The predicted molar refractivity (Wildman–Crippen MR) is 219 cm³/mol. The van der Waals surface area contributed by atoms with Crippen LogP contribution < -0.4 is 30.9 Å². The number of ether oxygens (including phenoxy) is 1. The summed E-state index contributed by atoms with van der Waals surface area (Å²) in [5.41, 5.74) is 11.9. The van der Waals surface area contributed by atoms with E-state index >= 15 is 0 Å². The van der Waals surface area contributed by atoms with Crippen LogP contribution in [-0.4, -0.2) is 6.71 Å². The lowest BCUT2D eigenvalue weighted by Crippen LogP contribution is -2.59. The summed E-state index contributed by atoms with van der Waals surface area (Å²) in [6.45, 7) is 6.91. The van der Waals surface area contributed by atoms with Crippen LogP contribution in [0.1, 0.15) is 26.3 Å². The first-order valence-electron chi connectivity index (χ1n) is 17.6. The average molecular weight is 675 g/mol. The molecule has 0 spiro atoms. The van der Waals surface area contributed by atoms with Crippen LogP contribution in [0.2, 0.25) is 0 Å². The molecule has 51 heavy (non-hydrogen) atoms. The Morgan fingerprint density at radius 1 is 0.549 bits per heavy atom. The minimum Gasteiger partial charge on any atom is -0.458 e. The molecule has 0 saturated heterocycles. The van der Waals surface area contributed by atoms with Crippen molar-refractivity contribution in [3.63, 3.8) is 0 Å². The van der Waals surface area contributed by atoms with Crippen LogP contribution in [-0.2, 0) is 5.41 Å². The zero-order chi connectivity index (χ0) is 34.3. The lowest BCUT2D eigenvalue weighted by Gasteiger charge is -2.41. The molecule has 0 aliphatic carbocycles. The Labute approximate surface area is 303 Å². The molecule has 1 aromatic heterocycles. The number of benzene rings is 7. The van der Waals surface area contributed by atoms with Crippen molar-refractivity contribution in [3.8, 4) is 11.5 Å². The van der Waals surface area contributed by atoms with Gasteiger partial charge in [-0.1, -0.05) is 99.6 Å². The fraction of sp³-hybridized carbons (Fsp3) is 0.0870. The third-order valence-corrected chi connectivity index (χ3v) is 11.5. The zero-order valence-corrected chi connectivity index (χ0v) is 29.6. The Bertz CT molecular complexity index is 2570. The number of nitrogens with zero attached hydrogens (tertiary/aromatic N) is 2. The first-order chi connectivity index (χ1) is 24.9. The molecule has 0 unspecified atom stereocenters. The number of para-hydroxylation sites is 4. The van der Waals surface area contributed by atoms with Gasteiger partial charge in [-0.3, -0.25) is 0 Å². The standard InChI is InChI=1S/C46H35BN2OS/c1-46(2,3)30-25-40-45-42(26-30)50-41-28-36-35-24-23-34(48(31-15-7-4-8-16-31)32-17-9-5-10-18-32)27-43(35)51-44(36)29-38(41)47(45)37-21-13-14-22-39(37)49(40)33-19-11-6-12-20-33/h4-29H,1-3H3. The molecule has 2 aliphatic rings. The van der Waals surface area contributed by atoms with E-state index in [0.717, 1.165) is 34.2 Å². The van der Waals surface area contributed by atoms with Gasteiger partial charge in [0.25, 0.3) is 6.71 Å². The van der Waals surface area contributed by atoms with Crippen molar-refractivity contribution in [3.05, 3.63) is 163 Å². The molecule has 0 amide bonds. The van der Waals surface area contributed by atoms with Crippen LogP contribution in [0.3, 0.4) is 0 Å². The highest BCUT2D eigenvalue weighted by atomic mass is 32.1. The van der Waals surface area contributed by atoms with Gasteiger partial charge in [0.1, 0.15) is 11.5 Å². The van der Waals surface area contributed by atoms with Crippen LogP contribution in [0.4, 0.5) is 34.1 Å². The largest absolute Gasteiger partial charge is 0.458 e. The fourth-order valence-electron chi connectivity index (χ4n) is 7.98. The molecule has 3 nitrogen and oxygen atoms in total. The Morgan fingerprint density at radius 2 is 1.20 bits per heavy atom. The Balaban J connectivity index is 1.17. The summed E-state index contributed by atoms with van der Waals surface area (Å²) in [6, 6.07) is 57.2. The average Bonchev–Trinajstić information content (AvgIpc) is 3.51. The SMILES string of the molecule is CC(C)(C)c1cc2c3c(c1)N(c1ccccc1)c1ccccc1B3c1cc3sc4cc(N(c5ccccc5)c5ccccc5)ccc4c3cc1O2. The highest BCUT2D eigenvalue weighted by Gasteiger charge is 2.42. The number of rotatable bonds is 4. The first kappa shape index (κ1) is 30.1.